The van der Waals surface area contributed by atoms with Crippen LogP contribution < -0.4 is 0 Å². The van der Waals surface area contributed by atoms with Crippen LogP contribution in [0.4, 0.5) is 4.79 Å². The van der Waals surface area contributed by atoms with Crippen molar-refractivity contribution in [2.45, 2.75) is 44.8 Å². The molecule has 0 N–H and O–H groups in total. The predicted molar refractivity (Wildman–Crippen MR) is 95.1 cm³/mol. The molecule has 0 spiro atoms. The Morgan fingerprint density at radius 3 is 2.46 bits per heavy atom. The van der Waals surface area contributed by atoms with Gasteiger partial charge in [0.05, 0.1) is 0 Å². The van der Waals surface area contributed by atoms with E-state index in [1.807, 2.05) is 32.9 Å². The van der Waals surface area contributed by atoms with Gasteiger partial charge in [0, 0.05) is 24.2 Å². The zero-order valence-electron chi connectivity index (χ0n) is 14.2. The summed E-state index contributed by atoms with van der Waals surface area (Å²) in [6.45, 7) is 7.39. The Balaban J connectivity index is 2.25. The van der Waals surface area contributed by atoms with Crippen molar-refractivity contribution >= 4 is 35.4 Å². The molecule has 5 nitrogen and oxygen atoms in total. The lowest BCUT2D eigenvalue weighted by molar-refractivity contribution is -0.148. The van der Waals surface area contributed by atoms with Crippen molar-refractivity contribution < 1.29 is 19.1 Å². The summed E-state index contributed by atoms with van der Waals surface area (Å²) >= 11 is 7.50. The van der Waals surface area contributed by atoms with Crippen LogP contribution in [0.5, 0.6) is 0 Å². The smallest absolute Gasteiger partial charge is 0.411 e. The van der Waals surface area contributed by atoms with Crippen molar-refractivity contribution in [3.63, 3.8) is 0 Å². The average molecular weight is 372 g/mol. The number of benzene rings is 1. The number of nitrogens with zero attached hydrogens (tertiary/aromatic N) is 1. The van der Waals surface area contributed by atoms with E-state index in [-0.39, 0.29) is 5.37 Å². The minimum atomic E-state index is -0.577. The molecule has 1 aliphatic heterocycles. The summed E-state index contributed by atoms with van der Waals surface area (Å²) < 4.78 is 11.0. The highest BCUT2D eigenvalue weighted by atomic mass is 35.5. The number of esters is 1. The zero-order chi connectivity index (χ0) is 17.9. The fourth-order valence-corrected chi connectivity index (χ4v) is 3.81. The van der Waals surface area contributed by atoms with Gasteiger partial charge in [0.2, 0.25) is 0 Å². The van der Waals surface area contributed by atoms with Crippen LogP contribution in [0, 0.1) is 0 Å². The third kappa shape index (κ3) is 5.05. The minimum absolute atomic E-state index is 0.329. The van der Waals surface area contributed by atoms with Crippen molar-refractivity contribution in [1.82, 2.24) is 4.90 Å². The van der Waals surface area contributed by atoms with E-state index in [1.54, 1.807) is 28.8 Å². The first-order valence-corrected chi connectivity index (χ1v) is 9.14. The third-order valence-corrected chi connectivity index (χ3v) is 4.82. The molecule has 1 saturated heterocycles. The van der Waals surface area contributed by atoms with E-state index in [0.29, 0.717) is 11.6 Å². The Bertz CT molecular complexity index is 600. The van der Waals surface area contributed by atoms with Crippen molar-refractivity contribution in [3.8, 4) is 0 Å². The van der Waals surface area contributed by atoms with Gasteiger partial charge in [-0.05, 0) is 38.5 Å². The molecule has 0 bridgehead atoms. The maximum atomic E-state index is 12.5. The summed E-state index contributed by atoms with van der Waals surface area (Å²) in [5.74, 6) is 0.363. The van der Waals surface area contributed by atoms with Gasteiger partial charge < -0.3 is 9.47 Å². The Morgan fingerprint density at radius 2 is 1.92 bits per heavy atom. The van der Waals surface area contributed by atoms with Crippen LogP contribution >= 0.6 is 23.4 Å². The highest BCUT2D eigenvalue weighted by Gasteiger charge is 2.40. The maximum Gasteiger partial charge on any atom is 0.411 e. The molecule has 1 heterocycles. The van der Waals surface area contributed by atoms with Crippen molar-refractivity contribution in [1.29, 1.82) is 0 Å². The molecule has 1 fully saturated rings. The average Bonchev–Trinajstić information content (AvgIpc) is 2.93. The lowest BCUT2D eigenvalue weighted by Gasteiger charge is -2.32. The van der Waals surface area contributed by atoms with Gasteiger partial charge in [-0.3, -0.25) is 9.69 Å². The van der Waals surface area contributed by atoms with Crippen molar-refractivity contribution in [2.75, 3.05) is 12.3 Å². The highest BCUT2D eigenvalue weighted by Crippen LogP contribution is 2.37. The molecule has 0 unspecified atom stereocenters. The van der Waals surface area contributed by atoms with Gasteiger partial charge in [-0.25, -0.2) is 4.79 Å². The largest absolute Gasteiger partial charge is 0.455 e. The van der Waals surface area contributed by atoms with Crippen LogP contribution in [0.2, 0.25) is 5.02 Å². The van der Waals surface area contributed by atoms with E-state index in [0.717, 1.165) is 11.3 Å². The van der Waals surface area contributed by atoms with E-state index in [1.165, 1.54) is 6.92 Å². The molecule has 2 atom stereocenters. The molecule has 0 aliphatic carbocycles. The quantitative estimate of drug-likeness (QED) is 0.743. The second-order valence-electron chi connectivity index (χ2n) is 6.52. The number of carbonyl (C=O) groups excluding carboxylic acids is 2. The number of rotatable bonds is 3. The third-order valence-electron chi connectivity index (χ3n) is 3.31. The maximum absolute atomic E-state index is 12.5. The number of carbonyl (C=O) groups is 2. The monoisotopic (exact) mass is 371 g/mol. The van der Waals surface area contributed by atoms with Crippen LogP contribution in [-0.4, -0.2) is 40.2 Å². The fraction of sp³-hybridized carbons (Fsp3) is 0.529. The molecule has 0 saturated carbocycles. The summed E-state index contributed by atoms with van der Waals surface area (Å²) in [5, 5.41) is 0.272. The first-order chi connectivity index (χ1) is 11.2. The summed E-state index contributed by atoms with van der Waals surface area (Å²) in [4.78, 5) is 25.7. The normalized spacial score (nSPS) is 19.0. The van der Waals surface area contributed by atoms with Gasteiger partial charge in [-0.1, -0.05) is 23.7 Å². The van der Waals surface area contributed by atoms with Crippen LogP contribution in [0.3, 0.4) is 0 Å². The number of hydrogen-bond donors (Lipinski definition) is 0. The number of hydrogen-bond acceptors (Lipinski definition) is 5. The van der Waals surface area contributed by atoms with Gasteiger partial charge in [0.25, 0.3) is 0 Å². The topological polar surface area (TPSA) is 55.8 Å². The van der Waals surface area contributed by atoms with Gasteiger partial charge in [0.15, 0.2) is 6.10 Å². The van der Waals surface area contributed by atoms with E-state index >= 15 is 0 Å². The molecule has 2 rings (SSSR count). The fourth-order valence-electron chi connectivity index (χ4n) is 2.38. The van der Waals surface area contributed by atoms with Gasteiger partial charge in [0.1, 0.15) is 11.0 Å². The van der Waals surface area contributed by atoms with Crippen molar-refractivity contribution in [3.05, 3.63) is 34.9 Å². The number of ether oxygens (including phenoxy) is 2. The molecule has 1 aromatic carbocycles. The van der Waals surface area contributed by atoms with Crippen molar-refractivity contribution in [2.24, 2.45) is 0 Å². The van der Waals surface area contributed by atoms with Crippen LogP contribution in [0.25, 0.3) is 0 Å². The van der Waals surface area contributed by atoms with Gasteiger partial charge in [-0.2, -0.15) is 0 Å². The highest BCUT2D eigenvalue weighted by molar-refractivity contribution is 8.00. The summed E-state index contributed by atoms with van der Waals surface area (Å²) in [7, 11) is 0. The van der Waals surface area contributed by atoms with E-state index in [9.17, 15) is 9.59 Å². The summed E-state index contributed by atoms with van der Waals surface area (Å²) in [6.07, 6.45) is -0.969. The van der Waals surface area contributed by atoms with Crippen LogP contribution in [0.15, 0.2) is 24.3 Å². The molecule has 132 valence electrons. The molecular weight excluding hydrogens is 350 g/mol. The Hall–Kier alpha value is -1.40. The molecule has 24 heavy (non-hydrogen) atoms. The first kappa shape index (κ1) is 18.9. The SMILES string of the molecule is CC(=O)O[C@H](c1ccc(Cl)cc1)[C@H]1SCCN1C(=O)OC(C)(C)C. The van der Waals surface area contributed by atoms with E-state index < -0.39 is 23.8 Å². The number of thioether (sulfide) groups is 1. The van der Waals surface area contributed by atoms with E-state index in [4.69, 9.17) is 21.1 Å². The molecule has 0 radical (unpaired) electrons. The number of halogens is 1. The van der Waals surface area contributed by atoms with Gasteiger partial charge in [-0.15, -0.1) is 11.8 Å². The minimum Gasteiger partial charge on any atom is -0.455 e. The standard InChI is InChI=1S/C17H22ClNO4S/c1-11(20)22-14(12-5-7-13(18)8-6-12)15-19(9-10-24-15)16(21)23-17(2,3)4/h5-8,14-15H,9-10H2,1-4H3/t14-,15-/m1/s1. The molecule has 1 aromatic rings. The molecule has 0 aromatic heterocycles. The van der Waals surface area contributed by atoms with Crippen LogP contribution in [0.1, 0.15) is 39.4 Å². The Labute approximate surface area is 151 Å². The molecule has 1 amide bonds. The predicted octanol–water partition coefficient (Wildman–Crippen LogP) is 4.25. The molecule has 1 aliphatic rings. The second-order valence-corrected chi connectivity index (χ2v) is 8.18. The summed E-state index contributed by atoms with van der Waals surface area (Å²) in [5.41, 5.74) is 0.217. The lowest BCUT2D eigenvalue weighted by atomic mass is 10.1. The van der Waals surface area contributed by atoms with Crippen LogP contribution in [-0.2, 0) is 14.3 Å². The lowest BCUT2D eigenvalue weighted by Crippen LogP contribution is -2.42. The first-order valence-electron chi connectivity index (χ1n) is 7.71. The van der Waals surface area contributed by atoms with E-state index in [2.05, 4.69) is 0 Å². The second kappa shape index (κ2) is 7.66. The molecular formula is C17H22ClNO4S. The number of amides is 1. The Morgan fingerprint density at radius 1 is 1.29 bits per heavy atom. The summed E-state index contributed by atoms with van der Waals surface area (Å²) in [6, 6.07) is 7.10. The van der Waals surface area contributed by atoms with Gasteiger partial charge >= 0.3 is 12.1 Å². The molecule has 7 heteroatoms. The zero-order valence-corrected chi connectivity index (χ0v) is 15.8. The Kier molecular flexibility index (Phi) is 6.04.